The monoisotopic (exact) mass is 990 g/mol. The second kappa shape index (κ2) is 18.9. The topological polar surface area (TPSA) is 23.6 Å². The van der Waals surface area contributed by atoms with Crippen molar-refractivity contribution in [3.63, 3.8) is 0 Å². The van der Waals surface area contributed by atoms with Crippen LogP contribution in [0.1, 0.15) is 22.6 Å². The minimum absolute atomic E-state index is 0.290. The molecule has 4 heteroatoms. The minimum Gasteiger partial charge on any atom is -0.310 e. The van der Waals surface area contributed by atoms with E-state index in [-0.39, 0.29) is 0 Å². The summed E-state index contributed by atoms with van der Waals surface area (Å²) in [6.45, 7) is 0. The zero-order chi connectivity index (χ0) is 50.6. The molecule has 2 aliphatic rings. The predicted octanol–water partition coefficient (Wildman–Crippen LogP) is 18.1. The van der Waals surface area contributed by atoms with Crippen LogP contribution in [0.5, 0.6) is 0 Å². The average molecular weight is 991 g/mol. The molecule has 0 saturated heterocycles. The summed E-state index contributed by atoms with van der Waals surface area (Å²) in [5.74, 6) is 0.290. The summed E-state index contributed by atoms with van der Waals surface area (Å²) in [5, 5.41) is 5.09. The van der Waals surface area contributed by atoms with Gasteiger partial charge in [0, 0.05) is 56.0 Å². The number of benzene rings is 12. The van der Waals surface area contributed by atoms with Crippen molar-refractivity contribution in [2.45, 2.75) is 12.3 Å². The molecule has 2 aliphatic carbocycles. The number of anilines is 6. The molecule has 0 radical (unpaired) electrons. The van der Waals surface area contributed by atoms with E-state index in [0.29, 0.717) is 5.92 Å². The Morgan fingerprint density at radius 3 is 1.43 bits per heavy atom. The van der Waals surface area contributed by atoms with Crippen molar-refractivity contribution in [2.75, 3.05) is 9.80 Å². The molecule has 0 fully saturated rings. The van der Waals surface area contributed by atoms with E-state index in [9.17, 15) is 0 Å². The molecule has 1 atom stereocenters. The molecule has 1 unspecified atom stereocenters. The molecular weight excluding hydrogens is 940 g/mol. The van der Waals surface area contributed by atoms with Crippen LogP contribution in [0.3, 0.4) is 0 Å². The van der Waals surface area contributed by atoms with Gasteiger partial charge in [-0.1, -0.05) is 206 Å². The molecule has 0 N–H and O–H groups in total. The van der Waals surface area contributed by atoms with Gasteiger partial charge in [0.2, 0.25) is 0 Å². The molecular formula is C72H51N2OP. The Labute approximate surface area is 444 Å². The van der Waals surface area contributed by atoms with Crippen LogP contribution in [-0.2, 0) is 11.0 Å². The van der Waals surface area contributed by atoms with Crippen LogP contribution in [0.15, 0.2) is 291 Å². The number of rotatable bonds is 11. The lowest BCUT2D eigenvalue weighted by Gasteiger charge is -2.36. The first-order chi connectivity index (χ1) is 37.6. The number of fused-ring (bicyclic) bond motifs is 5. The summed E-state index contributed by atoms with van der Waals surface area (Å²) in [6.07, 6.45) is 0.951. The van der Waals surface area contributed by atoms with Gasteiger partial charge in [0.1, 0.15) is 0 Å². The van der Waals surface area contributed by atoms with Crippen LogP contribution in [0.4, 0.5) is 34.1 Å². The molecule has 0 saturated carbocycles. The largest absolute Gasteiger partial charge is 0.310 e. The molecule has 0 spiro atoms. The van der Waals surface area contributed by atoms with Crippen LogP contribution < -0.4 is 25.7 Å². The van der Waals surface area contributed by atoms with Gasteiger partial charge in [-0.3, -0.25) is 0 Å². The van der Waals surface area contributed by atoms with Crippen LogP contribution >= 0.6 is 7.14 Å². The van der Waals surface area contributed by atoms with E-state index in [4.69, 9.17) is 0 Å². The summed E-state index contributed by atoms with van der Waals surface area (Å²) < 4.78 is 15.6. The van der Waals surface area contributed by atoms with Crippen molar-refractivity contribution in [1.82, 2.24) is 0 Å². The third-order valence-electron chi connectivity index (χ3n) is 15.6. The van der Waals surface area contributed by atoms with Crippen molar-refractivity contribution in [3.05, 3.63) is 308 Å². The van der Waals surface area contributed by atoms with E-state index in [0.717, 1.165) is 67.6 Å². The van der Waals surface area contributed by atoms with Gasteiger partial charge in [0.25, 0.3) is 0 Å². The highest BCUT2D eigenvalue weighted by Crippen LogP contribution is 2.55. The highest BCUT2D eigenvalue weighted by Gasteiger charge is 2.35. The summed E-state index contributed by atoms with van der Waals surface area (Å²) in [5.41, 5.74) is 20.3. The number of hydrogen-bond acceptors (Lipinski definition) is 3. The van der Waals surface area contributed by atoms with Gasteiger partial charge in [-0.2, -0.15) is 0 Å². The molecule has 3 nitrogen and oxygen atoms in total. The lowest BCUT2D eigenvalue weighted by Crippen LogP contribution is -2.25. The zero-order valence-corrected chi connectivity index (χ0v) is 42.6. The fraction of sp³-hybridized carbons (Fsp3) is 0.0278. The average Bonchev–Trinajstić information content (AvgIpc) is 3.53. The fourth-order valence-electron chi connectivity index (χ4n) is 12.2. The molecule has 0 bridgehead atoms. The summed E-state index contributed by atoms with van der Waals surface area (Å²) in [7, 11) is -3.22. The standard InChI is InChI=1S/C72H51N2OP/c75-76(61-31-12-4-13-32-61,62-33-14-5-15-34-62)63-42-40-58(41-43-63)74(57-29-10-3-11-30-57)60-47-54(46-59(49-60)73(55-25-6-1-7-26-55)56-27-8-2-9-28-56)51-22-18-23-52(45-51)64-37-20-24-53-48-69-66-36-17-16-35-65(66)67-38-19-21-50-39-44-68(70(53)64)72(69)71(50)67/h1-47,49,69H,48H2. The fourth-order valence-corrected chi connectivity index (χ4v) is 14.9. The Bertz CT molecular complexity index is 4080. The van der Waals surface area contributed by atoms with Gasteiger partial charge in [0.15, 0.2) is 7.14 Å². The van der Waals surface area contributed by atoms with E-state index in [1.54, 1.807) is 0 Å². The van der Waals surface area contributed by atoms with Crippen molar-refractivity contribution >= 4 is 68.0 Å². The first kappa shape index (κ1) is 45.4. The first-order valence-corrected chi connectivity index (χ1v) is 27.9. The first-order valence-electron chi connectivity index (χ1n) is 26.2. The molecule has 0 amide bonds. The Morgan fingerprint density at radius 2 is 0.816 bits per heavy atom. The van der Waals surface area contributed by atoms with Crippen molar-refractivity contribution < 1.29 is 4.57 Å². The van der Waals surface area contributed by atoms with Gasteiger partial charge in [0.05, 0.1) is 0 Å². The molecule has 14 rings (SSSR count). The maximum Gasteiger partial charge on any atom is 0.171 e. The molecule has 0 heterocycles. The Morgan fingerprint density at radius 1 is 0.329 bits per heavy atom. The van der Waals surface area contributed by atoms with E-state index >= 15 is 4.57 Å². The second-order valence-corrected chi connectivity index (χ2v) is 22.7. The number of hydrogen-bond donors (Lipinski definition) is 0. The highest BCUT2D eigenvalue weighted by atomic mass is 31.2. The Kier molecular flexibility index (Phi) is 11.3. The third-order valence-corrected chi connectivity index (χ3v) is 18.7. The van der Waals surface area contributed by atoms with E-state index < -0.39 is 7.14 Å². The highest BCUT2D eigenvalue weighted by molar-refractivity contribution is 7.85. The normalized spacial score (nSPS) is 13.1. The van der Waals surface area contributed by atoms with E-state index in [1.165, 1.54) is 60.8 Å². The predicted molar refractivity (Wildman–Crippen MR) is 320 cm³/mol. The molecule has 0 aromatic heterocycles. The number of nitrogens with zero attached hydrogens (tertiary/aromatic N) is 2. The quantitative estimate of drug-likeness (QED) is 0.121. The molecule has 76 heavy (non-hydrogen) atoms. The van der Waals surface area contributed by atoms with Crippen LogP contribution in [0, 0.1) is 0 Å². The van der Waals surface area contributed by atoms with Crippen LogP contribution in [0.25, 0.3) is 55.3 Å². The maximum atomic E-state index is 15.6. The molecule has 12 aromatic rings. The van der Waals surface area contributed by atoms with Crippen molar-refractivity contribution in [1.29, 1.82) is 0 Å². The van der Waals surface area contributed by atoms with Gasteiger partial charge < -0.3 is 14.4 Å². The zero-order valence-electron chi connectivity index (χ0n) is 41.7. The van der Waals surface area contributed by atoms with E-state index in [1.807, 2.05) is 60.7 Å². The second-order valence-electron chi connectivity index (χ2n) is 19.9. The molecule has 0 aliphatic heterocycles. The third kappa shape index (κ3) is 7.70. The Hall–Kier alpha value is -9.27. The lowest BCUT2D eigenvalue weighted by atomic mass is 9.67. The molecule has 12 aromatic carbocycles. The van der Waals surface area contributed by atoms with Gasteiger partial charge in [-0.25, -0.2) is 0 Å². The van der Waals surface area contributed by atoms with Gasteiger partial charge in [-0.15, -0.1) is 0 Å². The van der Waals surface area contributed by atoms with Crippen molar-refractivity contribution in [2.24, 2.45) is 0 Å². The summed E-state index contributed by atoms with van der Waals surface area (Å²) in [4.78, 5) is 4.67. The maximum absolute atomic E-state index is 15.6. The smallest absolute Gasteiger partial charge is 0.171 e. The van der Waals surface area contributed by atoms with Crippen LogP contribution in [0.2, 0.25) is 0 Å². The molecule has 360 valence electrons. The van der Waals surface area contributed by atoms with Gasteiger partial charge >= 0.3 is 0 Å². The van der Waals surface area contributed by atoms with Crippen molar-refractivity contribution in [3.8, 4) is 44.5 Å². The number of para-hydroxylation sites is 3. The minimum atomic E-state index is -3.22. The lowest BCUT2D eigenvalue weighted by molar-refractivity contribution is 0.592. The summed E-state index contributed by atoms with van der Waals surface area (Å²) in [6, 6.07) is 104. The van der Waals surface area contributed by atoms with Gasteiger partial charge in [-0.05, 0) is 163 Å². The Balaban J connectivity index is 0.946. The summed E-state index contributed by atoms with van der Waals surface area (Å²) >= 11 is 0. The SMILES string of the molecule is O=P(c1ccccc1)(c1ccccc1)c1ccc(N(c2ccccc2)c2cc(-c3cccc(-c4cccc5c4-c4ccc6cccc7c6c4C(C5)c4ccccc4-7)c3)cc(N(c3ccccc3)c3ccccc3)c2)cc1. The van der Waals surface area contributed by atoms with Crippen LogP contribution in [-0.4, -0.2) is 0 Å². The van der Waals surface area contributed by atoms with E-state index in [2.05, 4.69) is 240 Å².